The first kappa shape index (κ1) is 17.9. The largest absolute Gasteiger partial charge is 0.454 e. The Kier molecular flexibility index (Phi) is 5.03. The molecule has 7 nitrogen and oxygen atoms in total. The topological polar surface area (TPSA) is 68.0 Å². The van der Waals surface area contributed by atoms with Crippen molar-refractivity contribution in [3.05, 3.63) is 40.8 Å². The van der Waals surface area contributed by atoms with Crippen LogP contribution in [0.3, 0.4) is 0 Å². The lowest BCUT2D eigenvalue weighted by Gasteiger charge is -2.26. The molecule has 1 aromatic heterocycles. The van der Waals surface area contributed by atoms with E-state index in [1.54, 1.807) is 13.8 Å². The van der Waals surface area contributed by atoms with Crippen LogP contribution in [0, 0.1) is 13.8 Å². The molecule has 2 aliphatic rings. The molecule has 0 radical (unpaired) electrons. The monoisotopic (exact) mass is 371 g/mol. The number of ether oxygens (including phenoxy) is 2. The van der Waals surface area contributed by atoms with Gasteiger partial charge in [-0.3, -0.25) is 4.79 Å². The van der Waals surface area contributed by atoms with Crippen LogP contribution in [0.25, 0.3) is 0 Å². The second-order valence-electron chi connectivity index (χ2n) is 7.13. The average molecular weight is 371 g/mol. The fourth-order valence-corrected chi connectivity index (χ4v) is 3.79. The number of likely N-dealkylation sites (tertiary alicyclic amines) is 1. The van der Waals surface area contributed by atoms with Gasteiger partial charge in [0.2, 0.25) is 6.79 Å². The zero-order chi connectivity index (χ0) is 18.8. The Morgan fingerprint density at radius 1 is 1.22 bits per heavy atom. The fourth-order valence-electron chi connectivity index (χ4n) is 3.79. The van der Waals surface area contributed by atoms with Crippen LogP contribution in [0.15, 0.2) is 22.7 Å². The number of hydrogen-bond acceptors (Lipinski definition) is 6. The van der Waals surface area contributed by atoms with Gasteiger partial charge in [-0.05, 0) is 45.8 Å². The zero-order valence-electron chi connectivity index (χ0n) is 15.9. The lowest BCUT2D eigenvalue weighted by molar-refractivity contribution is 0.0723. The SMILES string of the molecule is Cc1noc(C)c1C(=O)N(CCN1CCCC1)Cc1cccc2c1OCO2. The zero-order valence-corrected chi connectivity index (χ0v) is 15.9. The number of para-hydroxylation sites is 1. The molecule has 7 heteroatoms. The number of benzene rings is 1. The van der Waals surface area contributed by atoms with Crippen molar-refractivity contribution in [1.82, 2.24) is 15.0 Å². The lowest BCUT2D eigenvalue weighted by atomic mass is 10.1. The van der Waals surface area contributed by atoms with E-state index in [1.807, 2.05) is 23.1 Å². The van der Waals surface area contributed by atoms with Crippen LogP contribution in [-0.2, 0) is 6.54 Å². The number of carbonyl (C=O) groups excluding carboxylic acids is 1. The van der Waals surface area contributed by atoms with E-state index in [0.29, 0.717) is 30.1 Å². The van der Waals surface area contributed by atoms with Crippen LogP contribution in [0.1, 0.15) is 40.2 Å². The van der Waals surface area contributed by atoms with Gasteiger partial charge in [-0.15, -0.1) is 0 Å². The molecule has 0 aliphatic carbocycles. The molecule has 0 bridgehead atoms. The van der Waals surface area contributed by atoms with Crippen molar-refractivity contribution in [2.75, 3.05) is 33.0 Å². The van der Waals surface area contributed by atoms with Crippen LogP contribution in [0.5, 0.6) is 11.5 Å². The van der Waals surface area contributed by atoms with Gasteiger partial charge < -0.3 is 23.8 Å². The van der Waals surface area contributed by atoms with E-state index in [4.69, 9.17) is 14.0 Å². The highest BCUT2D eigenvalue weighted by Crippen LogP contribution is 2.36. The molecular formula is C20H25N3O4. The minimum Gasteiger partial charge on any atom is -0.454 e. The normalized spacial score (nSPS) is 16.1. The highest BCUT2D eigenvalue weighted by molar-refractivity contribution is 5.96. The fraction of sp³-hybridized carbons (Fsp3) is 0.500. The van der Waals surface area contributed by atoms with Gasteiger partial charge in [0.1, 0.15) is 11.3 Å². The Bertz CT molecular complexity index is 807. The molecule has 2 aliphatic heterocycles. The number of fused-ring (bicyclic) bond motifs is 1. The molecule has 1 aromatic carbocycles. The Morgan fingerprint density at radius 3 is 2.78 bits per heavy atom. The minimum atomic E-state index is -0.0537. The quantitative estimate of drug-likeness (QED) is 0.778. The maximum atomic E-state index is 13.3. The maximum absolute atomic E-state index is 13.3. The van der Waals surface area contributed by atoms with E-state index < -0.39 is 0 Å². The number of carbonyl (C=O) groups is 1. The van der Waals surface area contributed by atoms with Gasteiger partial charge in [0.15, 0.2) is 11.5 Å². The standard InChI is InChI=1S/C20H25N3O4/c1-14-18(15(2)27-21-14)20(24)23(11-10-22-8-3-4-9-22)12-16-6-5-7-17-19(16)26-13-25-17/h5-7H,3-4,8-13H2,1-2H3. The van der Waals surface area contributed by atoms with Gasteiger partial charge in [-0.2, -0.15) is 0 Å². The summed E-state index contributed by atoms with van der Waals surface area (Å²) < 4.78 is 16.3. The van der Waals surface area contributed by atoms with Crippen molar-refractivity contribution in [3.63, 3.8) is 0 Å². The Balaban J connectivity index is 1.57. The molecule has 3 heterocycles. The van der Waals surface area contributed by atoms with Crippen molar-refractivity contribution in [1.29, 1.82) is 0 Å². The third-order valence-corrected chi connectivity index (χ3v) is 5.26. The van der Waals surface area contributed by atoms with E-state index in [0.717, 1.165) is 36.7 Å². The molecule has 4 rings (SSSR count). The van der Waals surface area contributed by atoms with Crippen molar-refractivity contribution < 1.29 is 18.8 Å². The first-order chi connectivity index (χ1) is 13.1. The molecule has 1 saturated heterocycles. The first-order valence-corrected chi connectivity index (χ1v) is 9.45. The third-order valence-electron chi connectivity index (χ3n) is 5.26. The van der Waals surface area contributed by atoms with Crippen LogP contribution >= 0.6 is 0 Å². The average Bonchev–Trinajstić information content (AvgIpc) is 3.40. The van der Waals surface area contributed by atoms with E-state index in [-0.39, 0.29) is 12.7 Å². The first-order valence-electron chi connectivity index (χ1n) is 9.45. The molecule has 1 amide bonds. The number of amides is 1. The van der Waals surface area contributed by atoms with Crippen LogP contribution < -0.4 is 9.47 Å². The summed E-state index contributed by atoms with van der Waals surface area (Å²) in [4.78, 5) is 17.6. The molecule has 0 unspecified atom stereocenters. The predicted octanol–water partition coefficient (Wildman–Crippen LogP) is 2.76. The van der Waals surface area contributed by atoms with Gasteiger partial charge in [-0.1, -0.05) is 17.3 Å². The van der Waals surface area contributed by atoms with E-state index in [9.17, 15) is 4.79 Å². The summed E-state index contributed by atoms with van der Waals surface area (Å²) in [6, 6.07) is 5.80. The molecule has 2 aromatic rings. The van der Waals surface area contributed by atoms with E-state index in [1.165, 1.54) is 12.8 Å². The summed E-state index contributed by atoms with van der Waals surface area (Å²) in [6.45, 7) is 7.98. The molecule has 0 saturated carbocycles. The number of aromatic nitrogens is 1. The van der Waals surface area contributed by atoms with Gasteiger partial charge in [-0.25, -0.2) is 0 Å². The van der Waals surface area contributed by atoms with Crippen molar-refractivity contribution in [2.24, 2.45) is 0 Å². The van der Waals surface area contributed by atoms with Crippen LogP contribution in [0.4, 0.5) is 0 Å². The van der Waals surface area contributed by atoms with Crippen molar-refractivity contribution in [3.8, 4) is 11.5 Å². The Hall–Kier alpha value is -2.54. The molecule has 1 fully saturated rings. The summed E-state index contributed by atoms with van der Waals surface area (Å²) in [5, 5.41) is 3.94. The van der Waals surface area contributed by atoms with E-state index >= 15 is 0 Å². The number of nitrogens with zero attached hydrogens (tertiary/aromatic N) is 3. The molecule has 0 N–H and O–H groups in total. The van der Waals surface area contributed by atoms with Gasteiger partial charge in [0.05, 0.1) is 5.69 Å². The molecule has 0 atom stereocenters. The van der Waals surface area contributed by atoms with Crippen molar-refractivity contribution in [2.45, 2.75) is 33.2 Å². The smallest absolute Gasteiger partial charge is 0.259 e. The molecule has 144 valence electrons. The summed E-state index contributed by atoms with van der Waals surface area (Å²) >= 11 is 0. The van der Waals surface area contributed by atoms with Crippen LogP contribution in [-0.4, -0.2) is 53.8 Å². The van der Waals surface area contributed by atoms with E-state index in [2.05, 4.69) is 10.1 Å². The second kappa shape index (κ2) is 7.60. The predicted molar refractivity (Wildman–Crippen MR) is 99.0 cm³/mol. The highest BCUT2D eigenvalue weighted by atomic mass is 16.7. The minimum absolute atomic E-state index is 0.0537. The Labute approximate surface area is 158 Å². The van der Waals surface area contributed by atoms with Gasteiger partial charge in [0, 0.05) is 25.2 Å². The van der Waals surface area contributed by atoms with Gasteiger partial charge >= 0.3 is 0 Å². The number of aryl methyl sites for hydroxylation is 2. The van der Waals surface area contributed by atoms with Crippen molar-refractivity contribution >= 4 is 5.91 Å². The Morgan fingerprint density at radius 2 is 2.04 bits per heavy atom. The summed E-state index contributed by atoms with van der Waals surface area (Å²) in [5.74, 6) is 1.97. The van der Waals surface area contributed by atoms with Gasteiger partial charge in [0.25, 0.3) is 5.91 Å². The number of hydrogen-bond donors (Lipinski definition) is 0. The summed E-state index contributed by atoms with van der Waals surface area (Å²) in [7, 11) is 0. The molecule has 0 spiro atoms. The highest BCUT2D eigenvalue weighted by Gasteiger charge is 2.27. The number of rotatable bonds is 6. The molecule has 27 heavy (non-hydrogen) atoms. The second-order valence-corrected chi connectivity index (χ2v) is 7.13. The maximum Gasteiger partial charge on any atom is 0.259 e. The lowest BCUT2D eigenvalue weighted by Crippen LogP contribution is -2.38. The summed E-state index contributed by atoms with van der Waals surface area (Å²) in [6.07, 6.45) is 2.46. The summed E-state index contributed by atoms with van der Waals surface area (Å²) in [5.41, 5.74) is 2.13. The molecular weight excluding hydrogens is 346 g/mol. The van der Waals surface area contributed by atoms with Crippen LogP contribution in [0.2, 0.25) is 0 Å². The third kappa shape index (κ3) is 3.64.